The van der Waals surface area contributed by atoms with E-state index in [9.17, 15) is 10.0 Å². The number of benzene rings is 3. The van der Waals surface area contributed by atoms with Gasteiger partial charge in [0.2, 0.25) is 0 Å². The van der Waals surface area contributed by atoms with Crippen molar-refractivity contribution in [2.45, 2.75) is 19.3 Å². The van der Waals surface area contributed by atoms with Crippen molar-refractivity contribution in [2.24, 2.45) is 0 Å². The second-order valence-electron chi connectivity index (χ2n) is 6.57. The average molecular weight is 316 g/mol. The summed E-state index contributed by atoms with van der Waals surface area (Å²) in [4.78, 5) is 0. The van der Waals surface area contributed by atoms with Crippen LogP contribution in [0.1, 0.15) is 25.0 Å². The molecule has 3 heteroatoms. The van der Waals surface area contributed by atoms with E-state index in [1.165, 1.54) is 11.1 Å². The molecule has 0 radical (unpaired) electrons. The Morgan fingerprint density at radius 2 is 1.29 bits per heavy atom. The zero-order chi connectivity index (χ0) is 17.2. The number of rotatable bonds is 4. The summed E-state index contributed by atoms with van der Waals surface area (Å²) in [5, 5.41) is 18.7. The Kier molecular flexibility index (Phi) is 4.56. The fraction of sp³-hybridized carbons (Fsp3) is 0.143. The predicted octanol–water partition coefficient (Wildman–Crippen LogP) is 3.36. The highest BCUT2D eigenvalue weighted by atomic mass is 16.4. The maximum absolute atomic E-state index is 9.33. The quantitative estimate of drug-likeness (QED) is 0.725. The van der Waals surface area contributed by atoms with E-state index in [0.29, 0.717) is 5.46 Å². The Labute approximate surface area is 143 Å². The van der Waals surface area contributed by atoms with Gasteiger partial charge in [-0.25, -0.2) is 0 Å². The van der Waals surface area contributed by atoms with E-state index in [1.807, 2.05) is 24.3 Å². The van der Waals surface area contributed by atoms with Gasteiger partial charge in [-0.05, 0) is 27.7 Å². The molecule has 0 atom stereocenters. The van der Waals surface area contributed by atoms with Gasteiger partial charge in [0.15, 0.2) is 0 Å². The van der Waals surface area contributed by atoms with E-state index in [2.05, 4.69) is 62.4 Å². The molecule has 0 aliphatic carbocycles. The lowest BCUT2D eigenvalue weighted by molar-refractivity contribution is 0.426. The Bertz CT molecular complexity index is 809. The third-order valence-corrected chi connectivity index (χ3v) is 4.62. The Balaban J connectivity index is 1.92. The SMILES string of the molecule is CC(C)(c1ccccc1)c1ccc(-c2cccc(B(O)O)c2)cc1. The minimum atomic E-state index is -1.44. The van der Waals surface area contributed by atoms with Crippen LogP contribution in [0.4, 0.5) is 0 Å². The maximum Gasteiger partial charge on any atom is 0.488 e. The first-order valence-corrected chi connectivity index (χ1v) is 8.11. The second kappa shape index (κ2) is 6.64. The standard InChI is InChI=1S/C21H21BO2/c1-21(2,18-8-4-3-5-9-18)19-13-11-16(12-14-19)17-7-6-10-20(15-17)22(23)24/h3-15,23-24H,1-2H3. The molecular formula is C21H21BO2. The molecular weight excluding hydrogens is 295 g/mol. The lowest BCUT2D eigenvalue weighted by atomic mass is 9.77. The van der Waals surface area contributed by atoms with Crippen molar-refractivity contribution in [2.75, 3.05) is 0 Å². The van der Waals surface area contributed by atoms with Crippen LogP contribution >= 0.6 is 0 Å². The van der Waals surface area contributed by atoms with Crippen molar-refractivity contribution in [1.29, 1.82) is 0 Å². The second-order valence-corrected chi connectivity index (χ2v) is 6.57. The van der Waals surface area contributed by atoms with Crippen molar-refractivity contribution in [3.63, 3.8) is 0 Å². The van der Waals surface area contributed by atoms with Crippen LogP contribution in [0.5, 0.6) is 0 Å². The molecule has 0 bridgehead atoms. The van der Waals surface area contributed by atoms with Gasteiger partial charge in [0.1, 0.15) is 0 Å². The van der Waals surface area contributed by atoms with Crippen LogP contribution in [0.3, 0.4) is 0 Å². The molecule has 0 heterocycles. The van der Waals surface area contributed by atoms with Crippen LogP contribution in [0.15, 0.2) is 78.9 Å². The molecule has 2 N–H and O–H groups in total. The van der Waals surface area contributed by atoms with Gasteiger partial charge in [-0.2, -0.15) is 0 Å². The van der Waals surface area contributed by atoms with Crippen LogP contribution in [0.2, 0.25) is 0 Å². The van der Waals surface area contributed by atoms with Gasteiger partial charge in [-0.3, -0.25) is 0 Å². The summed E-state index contributed by atoms with van der Waals surface area (Å²) in [7, 11) is -1.44. The molecule has 0 amide bonds. The Morgan fingerprint density at radius 1 is 0.667 bits per heavy atom. The molecule has 0 saturated carbocycles. The van der Waals surface area contributed by atoms with Gasteiger partial charge in [0.25, 0.3) is 0 Å². The molecule has 0 unspecified atom stereocenters. The van der Waals surface area contributed by atoms with Crippen molar-refractivity contribution >= 4 is 12.6 Å². The zero-order valence-electron chi connectivity index (χ0n) is 14.0. The van der Waals surface area contributed by atoms with E-state index in [-0.39, 0.29) is 5.41 Å². The first kappa shape index (κ1) is 16.5. The summed E-state index contributed by atoms with van der Waals surface area (Å²) < 4.78 is 0. The van der Waals surface area contributed by atoms with Gasteiger partial charge in [-0.15, -0.1) is 0 Å². The van der Waals surface area contributed by atoms with Crippen LogP contribution in [-0.2, 0) is 5.41 Å². The molecule has 3 rings (SSSR count). The lowest BCUT2D eigenvalue weighted by Gasteiger charge is -2.26. The first-order valence-electron chi connectivity index (χ1n) is 8.11. The van der Waals surface area contributed by atoms with E-state index in [4.69, 9.17) is 0 Å². The van der Waals surface area contributed by atoms with Gasteiger partial charge in [-0.1, -0.05) is 92.7 Å². The smallest absolute Gasteiger partial charge is 0.423 e. The maximum atomic E-state index is 9.33. The van der Waals surface area contributed by atoms with Gasteiger partial charge >= 0.3 is 7.12 Å². The van der Waals surface area contributed by atoms with Gasteiger partial charge in [0.05, 0.1) is 0 Å². The predicted molar refractivity (Wildman–Crippen MR) is 100 cm³/mol. The molecule has 3 aromatic rings. The van der Waals surface area contributed by atoms with Crippen LogP contribution in [-0.4, -0.2) is 17.2 Å². The van der Waals surface area contributed by atoms with E-state index < -0.39 is 7.12 Å². The van der Waals surface area contributed by atoms with Crippen molar-refractivity contribution in [3.05, 3.63) is 90.0 Å². The first-order chi connectivity index (χ1) is 11.5. The molecule has 0 spiro atoms. The number of hydrogen-bond acceptors (Lipinski definition) is 2. The van der Waals surface area contributed by atoms with Crippen molar-refractivity contribution < 1.29 is 10.0 Å². The molecule has 120 valence electrons. The third-order valence-electron chi connectivity index (χ3n) is 4.62. The van der Waals surface area contributed by atoms with E-state index in [1.54, 1.807) is 6.07 Å². The Hall–Kier alpha value is -2.36. The monoisotopic (exact) mass is 316 g/mol. The fourth-order valence-electron chi connectivity index (χ4n) is 2.98. The summed E-state index contributed by atoms with van der Waals surface area (Å²) in [6, 6.07) is 26.3. The highest BCUT2D eigenvalue weighted by Crippen LogP contribution is 2.32. The van der Waals surface area contributed by atoms with Gasteiger partial charge < -0.3 is 10.0 Å². The largest absolute Gasteiger partial charge is 0.488 e. The molecule has 3 aromatic carbocycles. The fourth-order valence-corrected chi connectivity index (χ4v) is 2.98. The summed E-state index contributed by atoms with van der Waals surface area (Å²) in [6.45, 7) is 4.44. The molecule has 2 nitrogen and oxygen atoms in total. The summed E-state index contributed by atoms with van der Waals surface area (Å²) in [6.07, 6.45) is 0. The average Bonchev–Trinajstić information content (AvgIpc) is 2.62. The van der Waals surface area contributed by atoms with Crippen LogP contribution in [0, 0.1) is 0 Å². The molecule has 24 heavy (non-hydrogen) atoms. The highest BCUT2D eigenvalue weighted by molar-refractivity contribution is 6.58. The summed E-state index contributed by atoms with van der Waals surface area (Å²) in [5.74, 6) is 0. The zero-order valence-corrected chi connectivity index (χ0v) is 14.0. The highest BCUT2D eigenvalue weighted by Gasteiger charge is 2.22. The topological polar surface area (TPSA) is 40.5 Å². The Morgan fingerprint density at radius 3 is 1.92 bits per heavy atom. The number of hydrogen-bond donors (Lipinski definition) is 2. The van der Waals surface area contributed by atoms with Crippen molar-refractivity contribution in [3.8, 4) is 11.1 Å². The van der Waals surface area contributed by atoms with E-state index in [0.717, 1.165) is 11.1 Å². The minimum absolute atomic E-state index is 0.0665. The normalized spacial score (nSPS) is 11.3. The van der Waals surface area contributed by atoms with Crippen molar-refractivity contribution in [1.82, 2.24) is 0 Å². The van der Waals surface area contributed by atoms with Gasteiger partial charge in [0, 0.05) is 5.41 Å². The summed E-state index contributed by atoms with van der Waals surface area (Å²) in [5.41, 5.74) is 5.00. The van der Waals surface area contributed by atoms with E-state index >= 15 is 0 Å². The molecule has 0 saturated heterocycles. The lowest BCUT2D eigenvalue weighted by Crippen LogP contribution is -2.29. The molecule has 0 aromatic heterocycles. The van der Waals surface area contributed by atoms with Crippen LogP contribution < -0.4 is 5.46 Å². The minimum Gasteiger partial charge on any atom is -0.423 e. The molecule has 0 aliphatic heterocycles. The van der Waals surface area contributed by atoms with Crippen LogP contribution in [0.25, 0.3) is 11.1 Å². The summed E-state index contributed by atoms with van der Waals surface area (Å²) >= 11 is 0. The molecule has 0 fully saturated rings. The molecule has 0 aliphatic rings. The third kappa shape index (κ3) is 3.28.